The summed E-state index contributed by atoms with van der Waals surface area (Å²) in [4.78, 5) is 13.1. The van der Waals surface area contributed by atoms with Crippen LogP contribution in [0.5, 0.6) is 0 Å². The molecule has 1 N–H and O–H groups in total. The van der Waals surface area contributed by atoms with Crippen LogP contribution < -0.4 is 4.90 Å². The van der Waals surface area contributed by atoms with Crippen LogP contribution in [0.3, 0.4) is 0 Å². The predicted octanol–water partition coefficient (Wildman–Crippen LogP) is 1.30. The molecule has 0 bridgehead atoms. The molecule has 15 heavy (non-hydrogen) atoms. The van der Waals surface area contributed by atoms with Gasteiger partial charge in [0.1, 0.15) is 0 Å². The van der Waals surface area contributed by atoms with Crippen molar-refractivity contribution in [3.8, 4) is 0 Å². The van der Waals surface area contributed by atoms with E-state index in [9.17, 15) is 4.79 Å². The van der Waals surface area contributed by atoms with Crippen molar-refractivity contribution in [3.63, 3.8) is 0 Å². The van der Waals surface area contributed by atoms with E-state index in [1.807, 2.05) is 6.07 Å². The predicted molar refractivity (Wildman–Crippen MR) is 56.1 cm³/mol. The van der Waals surface area contributed by atoms with Crippen LogP contribution in [0.15, 0.2) is 16.5 Å². The maximum absolute atomic E-state index is 11.0. The molecule has 4 nitrogen and oxygen atoms in total. The molecule has 1 atom stereocenters. The fourth-order valence-electron chi connectivity index (χ4n) is 1.87. The molecule has 4 heteroatoms. The SMILES string of the molecule is CC(=O)c1ccc(N2CCC(CO)C2)o1. The van der Waals surface area contributed by atoms with Gasteiger partial charge in [-0.1, -0.05) is 0 Å². The van der Waals surface area contributed by atoms with Gasteiger partial charge in [-0.2, -0.15) is 0 Å². The van der Waals surface area contributed by atoms with Crippen LogP contribution in [0, 0.1) is 5.92 Å². The lowest BCUT2D eigenvalue weighted by Crippen LogP contribution is -2.19. The van der Waals surface area contributed by atoms with E-state index >= 15 is 0 Å². The number of furan rings is 1. The Bertz CT molecular complexity index is 358. The van der Waals surface area contributed by atoms with Crippen LogP contribution in [0.4, 0.5) is 5.88 Å². The third-order valence-electron chi connectivity index (χ3n) is 2.79. The first kappa shape index (κ1) is 10.2. The van der Waals surface area contributed by atoms with Crippen LogP contribution in [0.25, 0.3) is 0 Å². The number of hydrogen-bond acceptors (Lipinski definition) is 4. The lowest BCUT2D eigenvalue weighted by molar-refractivity contribution is 0.0988. The van der Waals surface area contributed by atoms with Gasteiger partial charge in [0.2, 0.25) is 0 Å². The van der Waals surface area contributed by atoms with Gasteiger partial charge in [0, 0.05) is 38.6 Å². The first-order chi connectivity index (χ1) is 7.20. The summed E-state index contributed by atoms with van der Waals surface area (Å²) < 4.78 is 5.42. The molecule has 0 aromatic carbocycles. The maximum atomic E-state index is 11.0. The summed E-state index contributed by atoms with van der Waals surface area (Å²) in [6, 6.07) is 3.51. The summed E-state index contributed by atoms with van der Waals surface area (Å²) in [7, 11) is 0. The van der Waals surface area contributed by atoms with Crippen molar-refractivity contribution in [3.05, 3.63) is 17.9 Å². The number of ketones is 1. The van der Waals surface area contributed by atoms with Gasteiger partial charge in [-0.05, 0) is 12.5 Å². The van der Waals surface area contributed by atoms with E-state index in [0.29, 0.717) is 11.7 Å². The number of anilines is 1. The monoisotopic (exact) mass is 209 g/mol. The fourth-order valence-corrected chi connectivity index (χ4v) is 1.87. The second kappa shape index (κ2) is 4.06. The zero-order chi connectivity index (χ0) is 10.8. The highest BCUT2D eigenvalue weighted by atomic mass is 16.4. The van der Waals surface area contributed by atoms with E-state index in [2.05, 4.69) is 4.90 Å². The van der Waals surface area contributed by atoms with Crippen LogP contribution in [-0.2, 0) is 0 Å². The average molecular weight is 209 g/mol. The molecule has 1 saturated heterocycles. The molecule has 1 aliphatic heterocycles. The summed E-state index contributed by atoms with van der Waals surface area (Å²) in [6.07, 6.45) is 0.979. The third-order valence-corrected chi connectivity index (χ3v) is 2.79. The molecular formula is C11H15NO3. The molecule has 2 heterocycles. The Hall–Kier alpha value is -1.29. The van der Waals surface area contributed by atoms with Gasteiger partial charge in [-0.25, -0.2) is 0 Å². The zero-order valence-electron chi connectivity index (χ0n) is 8.77. The Morgan fingerprint density at radius 3 is 3.00 bits per heavy atom. The van der Waals surface area contributed by atoms with Gasteiger partial charge in [-0.15, -0.1) is 0 Å². The van der Waals surface area contributed by atoms with E-state index < -0.39 is 0 Å². The topological polar surface area (TPSA) is 53.7 Å². The third kappa shape index (κ3) is 2.04. The van der Waals surface area contributed by atoms with Crippen molar-refractivity contribution in [1.82, 2.24) is 0 Å². The van der Waals surface area contributed by atoms with E-state index in [0.717, 1.165) is 25.4 Å². The minimum atomic E-state index is -0.0563. The van der Waals surface area contributed by atoms with Crippen molar-refractivity contribution in [2.45, 2.75) is 13.3 Å². The van der Waals surface area contributed by atoms with Gasteiger partial charge < -0.3 is 14.4 Å². The Kier molecular flexibility index (Phi) is 2.77. The number of Topliss-reactive ketones (excluding diaryl/α,β-unsaturated/α-hetero) is 1. The van der Waals surface area contributed by atoms with Crippen molar-refractivity contribution < 1.29 is 14.3 Å². The van der Waals surface area contributed by atoms with E-state index in [1.54, 1.807) is 6.07 Å². The smallest absolute Gasteiger partial charge is 0.196 e. The van der Waals surface area contributed by atoms with Gasteiger partial charge in [-0.3, -0.25) is 4.79 Å². The summed E-state index contributed by atoms with van der Waals surface area (Å²) in [6.45, 7) is 3.40. The number of rotatable bonds is 3. The van der Waals surface area contributed by atoms with E-state index in [4.69, 9.17) is 9.52 Å². The van der Waals surface area contributed by atoms with Crippen molar-refractivity contribution in [2.75, 3.05) is 24.6 Å². The summed E-state index contributed by atoms with van der Waals surface area (Å²) in [5, 5.41) is 9.01. The first-order valence-corrected chi connectivity index (χ1v) is 5.17. The van der Waals surface area contributed by atoms with Gasteiger partial charge >= 0.3 is 0 Å². The second-order valence-electron chi connectivity index (χ2n) is 3.98. The highest BCUT2D eigenvalue weighted by molar-refractivity contribution is 5.91. The molecule has 0 amide bonds. The van der Waals surface area contributed by atoms with Crippen LogP contribution in [-0.4, -0.2) is 30.6 Å². The van der Waals surface area contributed by atoms with Crippen LogP contribution in [0.2, 0.25) is 0 Å². The molecule has 1 aromatic rings. The highest BCUT2D eigenvalue weighted by Gasteiger charge is 2.24. The molecule has 82 valence electrons. The quantitative estimate of drug-likeness (QED) is 0.762. The summed E-state index contributed by atoms with van der Waals surface area (Å²) in [5.74, 6) is 1.41. The number of hydrogen-bond donors (Lipinski definition) is 1. The molecule has 0 spiro atoms. The Labute approximate surface area is 88.5 Å². The molecule has 1 aromatic heterocycles. The van der Waals surface area contributed by atoms with Crippen LogP contribution in [0.1, 0.15) is 23.9 Å². The highest BCUT2D eigenvalue weighted by Crippen LogP contribution is 2.25. The Morgan fingerprint density at radius 2 is 2.47 bits per heavy atom. The van der Waals surface area contributed by atoms with E-state index in [-0.39, 0.29) is 12.4 Å². The fraction of sp³-hybridized carbons (Fsp3) is 0.545. The largest absolute Gasteiger partial charge is 0.437 e. The minimum Gasteiger partial charge on any atom is -0.437 e. The zero-order valence-corrected chi connectivity index (χ0v) is 8.77. The molecule has 0 radical (unpaired) electrons. The summed E-state index contributed by atoms with van der Waals surface area (Å²) >= 11 is 0. The molecular weight excluding hydrogens is 194 g/mol. The maximum Gasteiger partial charge on any atom is 0.196 e. The molecule has 1 unspecified atom stereocenters. The molecule has 1 aliphatic rings. The number of carbonyl (C=O) groups excluding carboxylic acids is 1. The van der Waals surface area contributed by atoms with Crippen molar-refractivity contribution >= 4 is 11.7 Å². The molecule has 0 aliphatic carbocycles. The number of aliphatic hydroxyl groups is 1. The van der Waals surface area contributed by atoms with Crippen molar-refractivity contribution in [2.24, 2.45) is 5.92 Å². The van der Waals surface area contributed by atoms with Gasteiger partial charge in [0.15, 0.2) is 17.4 Å². The Morgan fingerprint density at radius 1 is 1.67 bits per heavy atom. The van der Waals surface area contributed by atoms with Crippen LogP contribution >= 0.6 is 0 Å². The van der Waals surface area contributed by atoms with Gasteiger partial charge in [0.05, 0.1) is 0 Å². The first-order valence-electron chi connectivity index (χ1n) is 5.17. The standard InChI is InChI=1S/C11H15NO3/c1-8(14)10-2-3-11(15-10)12-5-4-9(6-12)7-13/h2-3,9,13H,4-7H2,1H3. The number of aliphatic hydroxyl groups excluding tert-OH is 1. The molecule has 2 rings (SSSR count). The summed E-state index contributed by atoms with van der Waals surface area (Å²) in [5.41, 5.74) is 0. The van der Waals surface area contributed by atoms with Crippen molar-refractivity contribution in [1.29, 1.82) is 0 Å². The molecule has 1 fully saturated rings. The minimum absolute atomic E-state index is 0.0563. The number of nitrogens with zero attached hydrogens (tertiary/aromatic N) is 1. The normalized spacial score (nSPS) is 20.9. The molecule has 0 saturated carbocycles. The van der Waals surface area contributed by atoms with Gasteiger partial charge in [0.25, 0.3) is 0 Å². The average Bonchev–Trinajstić information content (AvgIpc) is 2.86. The lowest BCUT2D eigenvalue weighted by atomic mass is 10.1. The second-order valence-corrected chi connectivity index (χ2v) is 3.98. The number of carbonyl (C=O) groups is 1. The Balaban J connectivity index is 2.07. The lowest BCUT2D eigenvalue weighted by Gasteiger charge is -2.14. The van der Waals surface area contributed by atoms with E-state index in [1.165, 1.54) is 6.92 Å².